The summed E-state index contributed by atoms with van der Waals surface area (Å²) < 4.78 is 0. The number of carboxylic acids is 1. The minimum Gasteiger partial charge on any atom is -0.481 e. The molecule has 1 heterocycles. The van der Waals surface area contributed by atoms with Crippen LogP contribution in [-0.4, -0.2) is 40.1 Å². The number of carboxylic acid groups (broad SMARTS) is 1. The fraction of sp³-hybridized carbons (Fsp3) is 0.538. The van der Waals surface area contributed by atoms with Gasteiger partial charge >= 0.3 is 5.97 Å². The normalized spacial score (nSPS) is 11.8. The first-order valence-corrected chi connectivity index (χ1v) is 5.75. The van der Waals surface area contributed by atoms with Crippen molar-refractivity contribution in [2.24, 2.45) is 0 Å². The minimum atomic E-state index is -0.764. The summed E-state index contributed by atoms with van der Waals surface area (Å²) in [5, 5.41) is 8.84. The zero-order valence-corrected chi connectivity index (χ0v) is 10.7. The van der Waals surface area contributed by atoms with Gasteiger partial charge in [-0.1, -0.05) is 6.07 Å². The number of likely N-dealkylation sites (N-methyl/N-ethyl adjacent to an activating group) is 1. The van der Waals surface area contributed by atoms with Crippen LogP contribution in [-0.2, 0) is 11.2 Å². The van der Waals surface area contributed by atoms with Gasteiger partial charge in [-0.25, -0.2) is 0 Å². The Kier molecular flexibility index (Phi) is 4.63. The number of hydrogen-bond acceptors (Lipinski definition) is 3. The molecule has 1 N–H and O–H groups in total. The van der Waals surface area contributed by atoms with Crippen LogP contribution in [0.1, 0.15) is 26.0 Å². The number of carbonyl (C=O) groups is 1. The third kappa shape index (κ3) is 4.53. The molecule has 0 aliphatic rings. The van der Waals surface area contributed by atoms with Crippen molar-refractivity contribution in [1.29, 1.82) is 0 Å². The number of nitrogens with zero attached hydrogens (tertiary/aromatic N) is 2. The number of pyridine rings is 1. The Labute approximate surface area is 102 Å². The Bertz CT molecular complexity index is 363. The molecule has 0 spiro atoms. The van der Waals surface area contributed by atoms with E-state index in [4.69, 9.17) is 5.11 Å². The Hall–Kier alpha value is -1.42. The van der Waals surface area contributed by atoms with Crippen LogP contribution in [0, 0.1) is 0 Å². The summed E-state index contributed by atoms with van der Waals surface area (Å²) in [6, 6.07) is 5.84. The van der Waals surface area contributed by atoms with Crippen LogP contribution < -0.4 is 0 Å². The average molecular weight is 236 g/mol. The quantitative estimate of drug-likeness (QED) is 0.818. The molecule has 1 rings (SSSR count). The van der Waals surface area contributed by atoms with E-state index in [1.165, 1.54) is 0 Å². The van der Waals surface area contributed by atoms with Crippen LogP contribution in [0.3, 0.4) is 0 Å². The van der Waals surface area contributed by atoms with Gasteiger partial charge in [0.2, 0.25) is 0 Å². The number of aromatic nitrogens is 1. The summed E-state index contributed by atoms with van der Waals surface area (Å²) in [5.74, 6) is -0.764. The molecule has 0 aliphatic heterocycles. The van der Waals surface area contributed by atoms with Crippen molar-refractivity contribution in [3.63, 3.8) is 0 Å². The molecule has 0 aliphatic carbocycles. The lowest BCUT2D eigenvalue weighted by atomic mass is 9.98. The molecule has 0 saturated heterocycles. The van der Waals surface area contributed by atoms with Gasteiger partial charge in [-0.05, 0) is 33.0 Å². The van der Waals surface area contributed by atoms with Crippen LogP contribution in [0.15, 0.2) is 24.4 Å². The first-order valence-electron chi connectivity index (χ1n) is 5.75. The highest BCUT2D eigenvalue weighted by Gasteiger charge is 2.26. The zero-order valence-electron chi connectivity index (χ0n) is 10.7. The summed E-state index contributed by atoms with van der Waals surface area (Å²) in [6.07, 6.45) is 2.75. The van der Waals surface area contributed by atoms with Crippen molar-refractivity contribution in [1.82, 2.24) is 9.88 Å². The van der Waals surface area contributed by atoms with Gasteiger partial charge in [-0.2, -0.15) is 0 Å². The minimum absolute atomic E-state index is 0.145. The van der Waals surface area contributed by atoms with Gasteiger partial charge in [-0.3, -0.25) is 9.78 Å². The van der Waals surface area contributed by atoms with Gasteiger partial charge in [-0.15, -0.1) is 0 Å². The molecule has 0 aromatic carbocycles. The molecule has 0 radical (unpaired) electrons. The lowest BCUT2D eigenvalue weighted by molar-refractivity contribution is -0.139. The summed E-state index contributed by atoms with van der Waals surface area (Å²) in [7, 11) is 1.95. The van der Waals surface area contributed by atoms with E-state index in [9.17, 15) is 4.79 Å². The smallest absolute Gasteiger partial charge is 0.305 e. The van der Waals surface area contributed by atoms with Gasteiger partial charge in [0.1, 0.15) is 0 Å². The van der Waals surface area contributed by atoms with E-state index in [0.717, 1.165) is 18.7 Å². The van der Waals surface area contributed by atoms with E-state index in [0.29, 0.717) is 0 Å². The second kappa shape index (κ2) is 5.77. The predicted octanol–water partition coefficient (Wildman–Crippen LogP) is 1.81. The standard InChI is InChI=1S/C13H20N2O2/c1-13(2,10-12(16)17)15(3)9-7-11-6-4-5-8-14-11/h4-6,8H,7,9-10H2,1-3H3,(H,16,17). The molecule has 17 heavy (non-hydrogen) atoms. The maximum absolute atomic E-state index is 10.8. The molecule has 94 valence electrons. The Balaban J connectivity index is 2.49. The molecule has 4 nitrogen and oxygen atoms in total. The van der Waals surface area contributed by atoms with E-state index in [1.54, 1.807) is 6.20 Å². The van der Waals surface area contributed by atoms with Crippen molar-refractivity contribution in [2.75, 3.05) is 13.6 Å². The molecule has 0 atom stereocenters. The van der Waals surface area contributed by atoms with E-state index in [2.05, 4.69) is 9.88 Å². The molecule has 0 fully saturated rings. The van der Waals surface area contributed by atoms with Crippen LogP contribution >= 0.6 is 0 Å². The fourth-order valence-corrected chi connectivity index (χ4v) is 1.64. The molecule has 0 bridgehead atoms. The molecule has 1 aromatic rings. The maximum atomic E-state index is 10.8. The zero-order chi connectivity index (χ0) is 12.9. The number of aliphatic carboxylic acids is 1. The second-order valence-electron chi connectivity index (χ2n) is 4.88. The second-order valence-corrected chi connectivity index (χ2v) is 4.88. The molecular formula is C13H20N2O2. The molecular weight excluding hydrogens is 216 g/mol. The van der Waals surface area contributed by atoms with Crippen LogP contribution in [0.2, 0.25) is 0 Å². The largest absolute Gasteiger partial charge is 0.481 e. The van der Waals surface area contributed by atoms with Gasteiger partial charge in [0.25, 0.3) is 0 Å². The molecule has 0 saturated carbocycles. The first-order chi connectivity index (χ1) is 7.92. The Morgan fingerprint density at radius 1 is 1.47 bits per heavy atom. The van der Waals surface area contributed by atoms with Gasteiger partial charge in [0, 0.05) is 30.4 Å². The van der Waals surface area contributed by atoms with Gasteiger partial charge in [0.15, 0.2) is 0 Å². The summed E-state index contributed by atoms with van der Waals surface area (Å²) >= 11 is 0. The Morgan fingerprint density at radius 3 is 2.71 bits per heavy atom. The highest BCUT2D eigenvalue weighted by atomic mass is 16.4. The molecule has 0 unspecified atom stereocenters. The topological polar surface area (TPSA) is 53.4 Å². The van der Waals surface area contributed by atoms with Crippen molar-refractivity contribution >= 4 is 5.97 Å². The van der Waals surface area contributed by atoms with Gasteiger partial charge in [0.05, 0.1) is 6.42 Å². The highest BCUT2D eigenvalue weighted by Crippen LogP contribution is 2.17. The number of hydrogen-bond donors (Lipinski definition) is 1. The predicted molar refractivity (Wildman–Crippen MR) is 66.9 cm³/mol. The highest BCUT2D eigenvalue weighted by molar-refractivity contribution is 5.68. The summed E-state index contributed by atoms with van der Waals surface area (Å²) in [5.41, 5.74) is 0.700. The van der Waals surface area contributed by atoms with Crippen LogP contribution in [0.5, 0.6) is 0 Å². The average Bonchev–Trinajstić information content (AvgIpc) is 2.25. The van der Waals surface area contributed by atoms with Crippen molar-refractivity contribution in [3.05, 3.63) is 30.1 Å². The van der Waals surface area contributed by atoms with E-state index < -0.39 is 5.97 Å². The van der Waals surface area contributed by atoms with E-state index in [1.807, 2.05) is 39.1 Å². The lowest BCUT2D eigenvalue weighted by Gasteiger charge is -2.34. The summed E-state index contributed by atoms with van der Waals surface area (Å²) in [6.45, 7) is 4.69. The first kappa shape index (κ1) is 13.6. The van der Waals surface area contributed by atoms with Crippen LogP contribution in [0.25, 0.3) is 0 Å². The van der Waals surface area contributed by atoms with Crippen molar-refractivity contribution in [2.45, 2.75) is 32.2 Å². The SMILES string of the molecule is CN(CCc1ccccn1)C(C)(C)CC(=O)O. The monoisotopic (exact) mass is 236 g/mol. The summed E-state index contributed by atoms with van der Waals surface area (Å²) in [4.78, 5) is 17.1. The third-order valence-electron chi connectivity index (χ3n) is 3.05. The van der Waals surface area contributed by atoms with Crippen molar-refractivity contribution in [3.8, 4) is 0 Å². The lowest BCUT2D eigenvalue weighted by Crippen LogP contribution is -2.43. The molecule has 4 heteroatoms. The third-order valence-corrected chi connectivity index (χ3v) is 3.05. The molecule has 1 aromatic heterocycles. The van der Waals surface area contributed by atoms with E-state index >= 15 is 0 Å². The Morgan fingerprint density at radius 2 is 2.18 bits per heavy atom. The number of rotatable bonds is 6. The maximum Gasteiger partial charge on any atom is 0.305 e. The molecule has 0 amide bonds. The van der Waals surface area contributed by atoms with Crippen LogP contribution in [0.4, 0.5) is 0 Å². The van der Waals surface area contributed by atoms with E-state index in [-0.39, 0.29) is 12.0 Å². The fourth-order valence-electron chi connectivity index (χ4n) is 1.64. The van der Waals surface area contributed by atoms with Gasteiger partial charge < -0.3 is 10.0 Å². The van der Waals surface area contributed by atoms with Crippen molar-refractivity contribution < 1.29 is 9.90 Å².